The maximum Gasteiger partial charge on any atom is 0.312 e. The number of rotatable bonds is 4. The van der Waals surface area contributed by atoms with E-state index in [1.165, 1.54) is 0 Å². The van der Waals surface area contributed by atoms with Crippen molar-refractivity contribution in [2.75, 3.05) is 19.7 Å². The second-order valence-corrected chi connectivity index (χ2v) is 4.61. The fraction of sp³-hybridized carbons (Fsp3) is 0.750. The SMILES string of the molecule is CCOC(=O)[C@@H]1CCCN(C(=O)C(C)NC(N)=O)C1. The summed E-state index contributed by atoms with van der Waals surface area (Å²) in [4.78, 5) is 36.0. The summed E-state index contributed by atoms with van der Waals surface area (Å²) in [5, 5.41) is 2.34. The molecule has 1 aliphatic rings. The van der Waals surface area contributed by atoms with Gasteiger partial charge >= 0.3 is 12.0 Å². The van der Waals surface area contributed by atoms with Gasteiger partial charge in [-0.1, -0.05) is 0 Å². The Balaban J connectivity index is 2.56. The van der Waals surface area contributed by atoms with E-state index in [1.807, 2.05) is 0 Å². The number of ether oxygens (including phenoxy) is 1. The fourth-order valence-corrected chi connectivity index (χ4v) is 2.18. The standard InChI is InChI=1S/C12H21N3O4/c1-3-19-11(17)9-5-4-6-15(7-9)10(16)8(2)14-12(13)18/h8-9H,3-7H2,1-2H3,(H3,13,14,18)/t8?,9-/m1/s1. The quantitative estimate of drug-likeness (QED) is 0.694. The molecule has 1 fully saturated rings. The molecule has 1 saturated heterocycles. The highest BCUT2D eigenvalue weighted by molar-refractivity contribution is 5.86. The number of carbonyl (C=O) groups is 3. The number of nitrogens with two attached hydrogens (primary N) is 1. The fourth-order valence-electron chi connectivity index (χ4n) is 2.18. The first kappa shape index (κ1) is 15.3. The van der Waals surface area contributed by atoms with Gasteiger partial charge in [-0.25, -0.2) is 4.79 Å². The Bertz CT molecular complexity index is 359. The van der Waals surface area contributed by atoms with E-state index in [9.17, 15) is 14.4 Å². The number of piperidine rings is 1. The van der Waals surface area contributed by atoms with Crippen molar-refractivity contribution in [2.24, 2.45) is 11.7 Å². The Labute approximate surface area is 112 Å². The number of hydrogen-bond donors (Lipinski definition) is 2. The third-order valence-corrected chi connectivity index (χ3v) is 3.08. The normalized spacial score (nSPS) is 20.5. The van der Waals surface area contributed by atoms with Crippen LogP contribution in [0.25, 0.3) is 0 Å². The molecule has 0 aromatic carbocycles. The van der Waals surface area contributed by atoms with Crippen LogP contribution in [0.4, 0.5) is 4.79 Å². The van der Waals surface area contributed by atoms with E-state index in [4.69, 9.17) is 10.5 Å². The van der Waals surface area contributed by atoms with Gasteiger partial charge in [0.2, 0.25) is 5.91 Å². The molecule has 7 heteroatoms. The van der Waals surface area contributed by atoms with Crippen LogP contribution in [-0.4, -0.2) is 48.5 Å². The van der Waals surface area contributed by atoms with Crippen LogP contribution in [0.3, 0.4) is 0 Å². The van der Waals surface area contributed by atoms with Crippen LogP contribution < -0.4 is 11.1 Å². The second kappa shape index (κ2) is 6.96. The van der Waals surface area contributed by atoms with E-state index in [2.05, 4.69) is 5.32 Å². The van der Waals surface area contributed by atoms with Crippen LogP contribution >= 0.6 is 0 Å². The largest absolute Gasteiger partial charge is 0.466 e. The molecular weight excluding hydrogens is 250 g/mol. The highest BCUT2D eigenvalue weighted by Crippen LogP contribution is 2.18. The number of nitrogens with zero attached hydrogens (tertiary/aromatic N) is 1. The molecule has 2 atom stereocenters. The van der Waals surface area contributed by atoms with Crippen molar-refractivity contribution in [1.82, 2.24) is 10.2 Å². The van der Waals surface area contributed by atoms with Gasteiger partial charge in [0, 0.05) is 13.1 Å². The van der Waals surface area contributed by atoms with Crippen LogP contribution in [0.15, 0.2) is 0 Å². The molecule has 1 unspecified atom stereocenters. The van der Waals surface area contributed by atoms with Crippen molar-refractivity contribution in [3.05, 3.63) is 0 Å². The molecule has 1 heterocycles. The van der Waals surface area contributed by atoms with E-state index in [-0.39, 0.29) is 17.8 Å². The van der Waals surface area contributed by atoms with Crippen LogP contribution in [0.1, 0.15) is 26.7 Å². The minimum absolute atomic E-state index is 0.229. The molecule has 7 nitrogen and oxygen atoms in total. The van der Waals surface area contributed by atoms with Crippen LogP contribution in [0.2, 0.25) is 0 Å². The predicted octanol–water partition coefficient (Wildman–Crippen LogP) is -0.155. The Morgan fingerprint density at radius 1 is 1.47 bits per heavy atom. The monoisotopic (exact) mass is 271 g/mol. The third-order valence-electron chi connectivity index (χ3n) is 3.08. The summed E-state index contributed by atoms with van der Waals surface area (Å²) < 4.78 is 4.97. The number of likely N-dealkylation sites (tertiary alicyclic amines) is 1. The number of esters is 1. The minimum atomic E-state index is -0.736. The van der Waals surface area contributed by atoms with E-state index in [0.717, 1.165) is 12.8 Å². The zero-order chi connectivity index (χ0) is 14.4. The molecule has 3 N–H and O–H groups in total. The summed E-state index contributed by atoms with van der Waals surface area (Å²) in [6.45, 7) is 4.58. The number of nitrogens with one attached hydrogen (secondary N) is 1. The Morgan fingerprint density at radius 3 is 2.74 bits per heavy atom. The van der Waals surface area contributed by atoms with Crippen LogP contribution in [0, 0.1) is 5.92 Å². The Morgan fingerprint density at radius 2 is 2.16 bits per heavy atom. The zero-order valence-electron chi connectivity index (χ0n) is 11.3. The lowest BCUT2D eigenvalue weighted by atomic mass is 9.97. The van der Waals surface area contributed by atoms with Crippen LogP contribution in [-0.2, 0) is 14.3 Å². The molecular formula is C12H21N3O4. The van der Waals surface area contributed by atoms with E-state index < -0.39 is 12.1 Å². The van der Waals surface area contributed by atoms with E-state index in [1.54, 1.807) is 18.7 Å². The molecule has 1 aliphatic heterocycles. The first-order valence-corrected chi connectivity index (χ1v) is 6.47. The molecule has 0 aromatic rings. The number of urea groups is 1. The first-order chi connectivity index (χ1) is 8.95. The summed E-state index contributed by atoms with van der Waals surface area (Å²) in [5.41, 5.74) is 4.98. The Hall–Kier alpha value is -1.79. The van der Waals surface area contributed by atoms with Gasteiger partial charge in [-0.15, -0.1) is 0 Å². The molecule has 0 spiro atoms. The van der Waals surface area contributed by atoms with Gasteiger partial charge in [-0.05, 0) is 26.7 Å². The van der Waals surface area contributed by atoms with Crippen molar-refractivity contribution < 1.29 is 19.1 Å². The summed E-state index contributed by atoms with van der Waals surface area (Å²) in [6.07, 6.45) is 1.47. The molecule has 0 saturated carbocycles. The lowest BCUT2D eigenvalue weighted by Gasteiger charge is -2.33. The van der Waals surface area contributed by atoms with Gasteiger partial charge in [0.25, 0.3) is 0 Å². The van der Waals surface area contributed by atoms with Crippen molar-refractivity contribution >= 4 is 17.9 Å². The maximum absolute atomic E-state index is 12.1. The molecule has 19 heavy (non-hydrogen) atoms. The van der Waals surface area contributed by atoms with Gasteiger partial charge in [-0.3, -0.25) is 9.59 Å². The van der Waals surface area contributed by atoms with Gasteiger partial charge in [-0.2, -0.15) is 0 Å². The van der Waals surface area contributed by atoms with E-state index >= 15 is 0 Å². The molecule has 0 radical (unpaired) electrons. The van der Waals surface area contributed by atoms with E-state index in [0.29, 0.717) is 19.7 Å². The van der Waals surface area contributed by atoms with Crippen LogP contribution in [0.5, 0.6) is 0 Å². The average Bonchev–Trinajstić information content (AvgIpc) is 2.37. The average molecular weight is 271 g/mol. The number of amides is 3. The number of primary amides is 1. The van der Waals surface area contributed by atoms with Gasteiger partial charge in [0.05, 0.1) is 12.5 Å². The van der Waals surface area contributed by atoms with Gasteiger partial charge in [0.1, 0.15) is 6.04 Å². The lowest BCUT2D eigenvalue weighted by molar-refractivity contribution is -0.151. The minimum Gasteiger partial charge on any atom is -0.466 e. The molecule has 0 bridgehead atoms. The Kier molecular flexibility index (Phi) is 5.59. The molecule has 0 aromatic heterocycles. The summed E-state index contributed by atoms with van der Waals surface area (Å²) in [5.74, 6) is -0.776. The molecule has 3 amide bonds. The highest BCUT2D eigenvalue weighted by atomic mass is 16.5. The molecule has 1 rings (SSSR count). The van der Waals surface area contributed by atoms with Gasteiger partial charge in [0.15, 0.2) is 0 Å². The number of hydrogen-bond acceptors (Lipinski definition) is 4. The van der Waals surface area contributed by atoms with Crippen molar-refractivity contribution in [3.63, 3.8) is 0 Å². The zero-order valence-corrected chi connectivity index (χ0v) is 11.3. The predicted molar refractivity (Wildman–Crippen MR) is 68.1 cm³/mol. The lowest BCUT2D eigenvalue weighted by Crippen LogP contribution is -2.52. The third kappa shape index (κ3) is 4.42. The van der Waals surface area contributed by atoms with Crippen molar-refractivity contribution in [3.8, 4) is 0 Å². The number of carbonyl (C=O) groups excluding carboxylic acids is 3. The first-order valence-electron chi connectivity index (χ1n) is 6.47. The topological polar surface area (TPSA) is 102 Å². The summed E-state index contributed by atoms with van der Waals surface area (Å²) in [6, 6.07) is -1.42. The molecule has 0 aliphatic carbocycles. The maximum atomic E-state index is 12.1. The summed E-state index contributed by atoms with van der Waals surface area (Å²) in [7, 11) is 0. The second-order valence-electron chi connectivity index (χ2n) is 4.61. The van der Waals surface area contributed by atoms with Crippen molar-refractivity contribution in [1.29, 1.82) is 0 Å². The molecule has 108 valence electrons. The van der Waals surface area contributed by atoms with Gasteiger partial charge < -0.3 is 20.7 Å². The summed E-state index contributed by atoms with van der Waals surface area (Å²) >= 11 is 0. The van der Waals surface area contributed by atoms with Crippen molar-refractivity contribution in [2.45, 2.75) is 32.7 Å². The smallest absolute Gasteiger partial charge is 0.312 e. The highest BCUT2D eigenvalue weighted by Gasteiger charge is 2.31.